The number of nitrogens with zero attached hydrogens (tertiary/aromatic N) is 1. The molecule has 0 N–H and O–H groups in total. The number of aromatic nitrogens is 1. The van der Waals surface area contributed by atoms with Crippen LogP contribution < -0.4 is 0 Å². The Morgan fingerprint density at radius 3 is 2.93 bits per heavy atom. The first-order valence-electron chi connectivity index (χ1n) is 4.28. The molecule has 76 valence electrons. The third kappa shape index (κ3) is 3.66. The predicted octanol–water partition coefficient (Wildman–Crippen LogP) is 1.21. The van der Waals surface area contributed by atoms with Crippen LogP contribution in [0.3, 0.4) is 0 Å². The van der Waals surface area contributed by atoms with Crippen LogP contribution in [0.15, 0.2) is 11.6 Å². The zero-order valence-electron chi connectivity index (χ0n) is 7.86. The molecule has 0 amide bonds. The smallest absolute Gasteiger partial charge is 0.313 e. The molecule has 0 aliphatic heterocycles. The normalized spacial score (nSPS) is 9.79. The standard InChI is InChI=1S/C9H11NO3S/c1-2-13-9(12)6-7(11)5-8-10-3-4-14-8/h3-4H,2,5-6H2,1H3. The number of ether oxygens (including phenoxy) is 1. The van der Waals surface area contributed by atoms with Crippen LogP contribution >= 0.6 is 11.3 Å². The SMILES string of the molecule is CCOC(=O)CC(=O)Cc1nccs1. The summed E-state index contributed by atoms with van der Waals surface area (Å²) in [4.78, 5) is 26.1. The van der Waals surface area contributed by atoms with Gasteiger partial charge in [-0.05, 0) is 6.92 Å². The van der Waals surface area contributed by atoms with Crippen LogP contribution in [0.2, 0.25) is 0 Å². The molecule has 1 heterocycles. The number of carbonyl (C=O) groups is 2. The van der Waals surface area contributed by atoms with E-state index in [0.717, 1.165) is 5.01 Å². The first kappa shape index (κ1) is 10.8. The molecular weight excluding hydrogens is 202 g/mol. The van der Waals surface area contributed by atoms with Gasteiger partial charge in [0.25, 0.3) is 0 Å². The highest BCUT2D eigenvalue weighted by Gasteiger charge is 2.11. The van der Waals surface area contributed by atoms with Crippen LogP contribution in [-0.2, 0) is 20.7 Å². The second-order valence-corrected chi connectivity index (χ2v) is 3.60. The van der Waals surface area contributed by atoms with Crippen LogP contribution in [-0.4, -0.2) is 23.3 Å². The second-order valence-electron chi connectivity index (χ2n) is 2.62. The van der Waals surface area contributed by atoms with E-state index in [-0.39, 0.29) is 18.6 Å². The van der Waals surface area contributed by atoms with E-state index in [1.54, 1.807) is 18.5 Å². The van der Waals surface area contributed by atoms with Crippen molar-refractivity contribution in [1.82, 2.24) is 4.98 Å². The Morgan fingerprint density at radius 2 is 2.36 bits per heavy atom. The number of carbonyl (C=O) groups excluding carboxylic acids is 2. The Morgan fingerprint density at radius 1 is 1.57 bits per heavy atom. The van der Waals surface area contributed by atoms with Gasteiger partial charge in [-0.2, -0.15) is 0 Å². The summed E-state index contributed by atoms with van der Waals surface area (Å²) in [6, 6.07) is 0. The minimum Gasteiger partial charge on any atom is -0.466 e. The first-order valence-corrected chi connectivity index (χ1v) is 5.16. The molecule has 0 spiro atoms. The van der Waals surface area contributed by atoms with Crippen molar-refractivity contribution in [2.45, 2.75) is 19.8 Å². The van der Waals surface area contributed by atoms with E-state index in [4.69, 9.17) is 0 Å². The second kappa shape index (κ2) is 5.49. The Kier molecular flexibility index (Phi) is 4.25. The summed E-state index contributed by atoms with van der Waals surface area (Å²) in [5.41, 5.74) is 0. The van der Waals surface area contributed by atoms with Crippen LogP contribution in [0.5, 0.6) is 0 Å². The highest BCUT2D eigenvalue weighted by Crippen LogP contribution is 2.06. The maximum Gasteiger partial charge on any atom is 0.313 e. The Labute approximate surface area is 85.9 Å². The number of hydrogen-bond donors (Lipinski definition) is 0. The van der Waals surface area contributed by atoms with Crippen molar-refractivity contribution in [3.8, 4) is 0 Å². The summed E-state index contributed by atoms with van der Waals surface area (Å²) in [6.45, 7) is 2.02. The number of rotatable bonds is 5. The highest BCUT2D eigenvalue weighted by molar-refractivity contribution is 7.09. The number of ketones is 1. The Hall–Kier alpha value is -1.23. The van der Waals surface area contributed by atoms with Crippen molar-refractivity contribution in [3.63, 3.8) is 0 Å². The molecule has 0 aromatic carbocycles. The summed E-state index contributed by atoms with van der Waals surface area (Å²) in [5.74, 6) is -0.618. The maximum atomic E-state index is 11.3. The quantitative estimate of drug-likeness (QED) is 0.545. The molecule has 14 heavy (non-hydrogen) atoms. The van der Waals surface area contributed by atoms with Crippen LogP contribution in [0.4, 0.5) is 0 Å². The fraction of sp³-hybridized carbons (Fsp3) is 0.444. The van der Waals surface area contributed by atoms with E-state index < -0.39 is 5.97 Å². The molecule has 0 saturated carbocycles. The molecule has 0 saturated heterocycles. The zero-order valence-corrected chi connectivity index (χ0v) is 8.67. The van der Waals surface area contributed by atoms with E-state index >= 15 is 0 Å². The number of thiazole rings is 1. The molecule has 0 radical (unpaired) electrons. The molecule has 4 nitrogen and oxygen atoms in total. The molecule has 0 fully saturated rings. The first-order chi connectivity index (χ1) is 6.72. The number of hydrogen-bond acceptors (Lipinski definition) is 5. The van der Waals surface area contributed by atoms with Gasteiger partial charge < -0.3 is 4.74 Å². The van der Waals surface area contributed by atoms with E-state index in [1.165, 1.54) is 11.3 Å². The summed E-state index contributed by atoms with van der Waals surface area (Å²) >= 11 is 1.41. The monoisotopic (exact) mass is 213 g/mol. The molecule has 0 aliphatic rings. The van der Waals surface area contributed by atoms with Gasteiger partial charge in [0.05, 0.1) is 18.0 Å². The van der Waals surface area contributed by atoms with Gasteiger partial charge in [0.15, 0.2) is 5.78 Å². The molecule has 1 aromatic heterocycles. The van der Waals surface area contributed by atoms with Crippen molar-refractivity contribution >= 4 is 23.1 Å². The lowest BCUT2D eigenvalue weighted by atomic mass is 10.2. The van der Waals surface area contributed by atoms with E-state index in [2.05, 4.69) is 9.72 Å². The minimum atomic E-state index is -0.464. The van der Waals surface area contributed by atoms with Gasteiger partial charge in [0.1, 0.15) is 6.42 Å². The molecule has 0 atom stereocenters. The van der Waals surface area contributed by atoms with E-state index in [1.807, 2.05) is 0 Å². The lowest BCUT2D eigenvalue weighted by Crippen LogP contribution is -2.12. The molecular formula is C9H11NO3S. The van der Waals surface area contributed by atoms with Gasteiger partial charge in [-0.3, -0.25) is 9.59 Å². The molecule has 0 unspecified atom stereocenters. The van der Waals surface area contributed by atoms with Crippen LogP contribution in [0.25, 0.3) is 0 Å². The van der Waals surface area contributed by atoms with Crippen molar-refractivity contribution in [1.29, 1.82) is 0 Å². The maximum absolute atomic E-state index is 11.3. The third-order valence-corrected chi connectivity index (χ3v) is 2.26. The van der Waals surface area contributed by atoms with Gasteiger partial charge in [-0.15, -0.1) is 11.3 Å². The third-order valence-electron chi connectivity index (χ3n) is 1.48. The van der Waals surface area contributed by atoms with Crippen molar-refractivity contribution in [2.75, 3.05) is 6.61 Å². The highest BCUT2D eigenvalue weighted by atomic mass is 32.1. The van der Waals surface area contributed by atoms with Gasteiger partial charge in [-0.25, -0.2) is 4.98 Å². The van der Waals surface area contributed by atoms with Gasteiger partial charge in [0, 0.05) is 11.6 Å². The van der Waals surface area contributed by atoms with Crippen molar-refractivity contribution in [3.05, 3.63) is 16.6 Å². The fourth-order valence-electron chi connectivity index (χ4n) is 0.944. The topological polar surface area (TPSA) is 56.3 Å². The average Bonchev–Trinajstić information content (AvgIpc) is 2.56. The predicted molar refractivity (Wildman–Crippen MR) is 52.1 cm³/mol. The van der Waals surface area contributed by atoms with Crippen LogP contribution in [0, 0.1) is 0 Å². The number of esters is 1. The van der Waals surface area contributed by atoms with Gasteiger partial charge >= 0.3 is 5.97 Å². The minimum absolute atomic E-state index is 0.154. The summed E-state index contributed by atoms with van der Waals surface area (Å²) in [7, 11) is 0. The van der Waals surface area contributed by atoms with Crippen molar-refractivity contribution < 1.29 is 14.3 Å². The van der Waals surface area contributed by atoms with E-state index in [0.29, 0.717) is 6.61 Å². The molecule has 1 rings (SSSR count). The fourth-order valence-corrected chi connectivity index (χ4v) is 1.59. The van der Waals surface area contributed by atoms with Crippen molar-refractivity contribution in [2.24, 2.45) is 0 Å². The Balaban J connectivity index is 2.33. The molecule has 0 aliphatic carbocycles. The summed E-state index contributed by atoms with van der Waals surface area (Å²) in [6.07, 6.45) is 1.70. The molecule has 1 aromatic rings. The summed E-state index contributed by atoms with van der Waals surface area (Å²) < 4.78 is 4.65. The lowest BCUT2D eigenvalue weighted by Gasteiger charge is -1.99. The molecule has 5 heteroatoms. The zero-order chi connectivity index (χ0) is 10.4. The average molecular weight is 213 g/mol. The largest absolute Gasteiger partial charge is 0.466 e. The van der Waals surface area contributed by atoms with Gasteiger partial charge in [0.2, 0.25) is 0 Å². The number of Topliss-reactive ketones (excluding diaryl/α,β-unsaturated/α-hetero) is 1. The molecule has 0 bridgehead atoms. The lowest BCUT2D eigenvalue weighted by molar-refractivity contribution is -0.145. The van der Waals surface area contributed by atoms with E-state index in [9.17, 15) is 9.59 Å². The summed E-state index contributed by atoms with van der Waals surface area (Å²) in [5, 5.41) is 2.53. The Bertz CT molecular complexity index is 308. The van der Waals surface area contributed by atoms with Gasteiger partial charge in [-0.1, -0.05) is 0 Å². The van der Waals surface area contributed by atoms with Crippen LogP contribution in [0.1, 0.15) is 18.4 Å².